The maximum atomic E-state index is 12.9. The van der Waals surface area contributed by atoms with E-state index in [1.807, 2.05) is 27.9 Å². The van der Waals surface area contributed by atoms with Gasteiger partial charge in [-0.05, 0) is 56.9 Å². The molecule has 29 heavy (non-hydrogen) atoms. The van der Waals surface area contributed by atoms with Crippen molar-refractivity contribution in [2.45, 2.75) is 38.0 Å². The number of piperidine rings is 1. The van der Waals surface area contributed by atoms with E-state index in [4.69, 9.17) is 4.74 Å². The lowest BCUT2D eigenvalue weighted by atomic mass is 10.1. The molecule has 0 bridgehead atoms. The number of hydrogen-bond donors (Lipinski definition) is 1. The van der Waals surface area contributed by atoms with Gasteiger partial charge in [-0.1, -0.05) is 0 Å². The zero-order chi connectivity index (χ0) is 21.0. The molecule has 158 valence electrons. The van der Waals surface area contributed by atoms with Crippen molar-refractivity contribution >= 4 is 27.5 Å². The van der Waals surface area contributed by atoms with Crippen molar-refractivity contribution in [3.8, 4) is 5.75 Å². The number of benzene rings is 1. The lowest BCUT2D eigenvalue weighted by molar-refractivity contribution is 0.337. The predicted octanol–water partition coefficient (Wildman–Crippen LogP) is 3.04. The van der Waals surface area contributed by atoms with E-state index >= 15 is 0 Å². The van der Waals surface area contributed by atoms with Crippen LogP contribution in [0.2, 0.25) is 0 Å². The molecule has 3 rings (SSSR count). The number of nitrogens with one attached hydrogen (secondary N) is 1. The topological polar surface area (TPSA) is 87.7 Å². The third kappa shape index (κ3) is 4.90. The lowest BCUT2D eigenvalue weighted by Gasteiger charge is -2.28. The van der Waals surface area contributed by atoms with Crippen molar-refractivity contribution < 1.29 is 13.2 Å². The van der Waals surface area contributed by atoms with Crippen LogP contribution >= 0.6 is 0 Å². The van der Waals surface area contributed by atoms with E-state index in [2.05, 4.69) is 19.6 Å². The van der Waals surface area contributed by atoms with Gasteiger partial charge in [0.25, 0.3) is 10.0 Å². The van der Waals surface area contributed by atoms with Crippen LogP contribution in [0.4, 0.5) is 17.5 Å². The highest BCUT2D eigenvalue weighted by Crippen LogP contribution is 2.28. The quantitative estimate of drug-likeness (QED) is 0.738. The summed E-state index contributed by atoms with van der Waals surface area (Å²) in [6.07, 6.45) is 5.00. The summed E-state index contributed by atoms with van der Waals surface area (Å²) in [4.78, 5) is 13.1. The Hall–Kier alpha value is -2.55. The molecule has 0 unspecified atom stereocenters. The molecule has 0 amide bonds. The number of ether oxygens (including phenoxy) is 1. The summed E-state index contributed by atoms with van der Waals surface area (Å²) in [7, 11) is -0.118. The molecule has 0 aliphatic carbocycles. The Kier molecular flexibility index (Phi) is 6.46. The van der Waals surface area contributed by atoms with Gasteiger partial charge in [-0.2, -0.15) is 4.98 Å². The van der Waals surface area contributed by atoms with Gasteiger partial charge in [-0.3, -0.25) is 4.72 Å². The predicted molar refractivity (Wildman–Crippen MR) is 116 cm³/mol. The fraction of sp³-hybridized carbons (Fsp3) is 0.500. The van der Waals surface area contributed by atoms with Crippen LogP contribution in [0.15, 0.2) is 29.3 Å². The van der Waals surface area contributed by atoms with Crippen LogP contribution in [0, 0.1) is 6.92 Å². The first kappa shape index (κ1) is 21.2. The Balaban J connectivity index is 1.88. The Labute approximate surface area is 173 Å². The van der Waals surface area contributed by atoms with Crippen molar-refractivity contribution in [1.29, 1.82) is 0 Å². The van der Waals surface area contributed by atoms with Crippen LogP contribution < -0.4 is 19.3 Å². The molecule has 2 heterocycles. The summed E-state index contributed by atoms with van der Waals surface area (Å²) < 4.78 is 34.0. The minimum absolute atomic E-state index is 0.170. The fourth-order valence-electron chi connectivity index (χ4n) is 3.33. The van der Waals surface area contributed by atoms with Crippen LogP contribution in [-0.4, -0.2) is 52.2 Å². The van der Waals surface area contributed by atoms with Crippen LogP contribution in [0.3, 0.4) is 0 Å². The highest BCUT2D eigenvalue weighted by Gasteiger charge is 2.21. The third-order valence-electron chi connectivity index (χ3n) is 4.82. The Bertz CT molecular complexity index is 957. The number of anilines is 3. The second kappa shape index (κ2) is 8.86. The minimum atomic E-state index is -3.79. The maximum absolute atomic E-state index is 12.9. The molecule has 1 aromatic heterocycles. The van der Waals surface area contributed by atoms with Gasteiger partial charge >= 0.3 is 0 Å². The molecule has 1 fully saturated rings. The van der Waals surface area contributed by atoms with E-state index in [0.717, 1.165) is 31.5 Å². The van der Waals surface area contributed by atoms with Crippen LogP contribution in [0.5, 0.6) is 5.75 Å². The molecule has 1 saturated heterocycles. The average Bonchev–Trinajstić information content (AvgIpc) is 2.70. The first-order chi connectivity index (χ1) is 13.8. The fourth-order valence-corrected chi connectivity index (χ4v) is 4.46. The highest BCUT2D eigenvalue weighted by atomic mass is 32.2. The van der Waals surface area contributed by atoms with E-state index in [1.54, 1.807) is 29.3 Å². The van der Waals surface area contributed by atoms with Crippen molar-refractivity contribution in [3.63, 3.8) is 0 Å². The van der Waals surface area contributed by atoms with Gasteiger partial charge in [0, 0.05) is 27.2 Å². The number of sulfonamides is 1. The smallest absolute Gasteiger partial charge is 0.262 e. The normalized spacial score (nSPS) is 14.6. The summed E-state index contributed by atoms with van der Waals surface area (Å²) in [5.41, 5.74) is 1.11. The van der Waals surface area contributed by atoms with Gasteiger partial charge in [-0.15, -0.1) is 0 Å². The molecule has 1 aromatic carbocycles. The van der Waals surface area contributed by atoms with E-state index in [1.165, 1.54) is 6.42 Å². The second-order valence-corrected chi connectivity index (χ2v) is 9.00. The second-order valence-electron chi connectivity index (χ2n) is 7.32. The van der Waals surface area contributed by atoms with Crippen molar-refractivity contribution in [2.24, 2.45) is 0 Å². The van der Waals surface area contributed by atoms with Gasteiger partial charge in [0.15, 0.2) is 5.82 Å². The zero-order valence-corrected chi connectivity index (χ0v) is 18.3. The Morgan fingerprint density at radius 3 is 2.55 bits per heavy atom. The molecular formula is C20H29N5O3S. The number of hydrogen-bond acceptors (Lipinski definition) is 7. The summed E-state index contributed by atoms with van der Waals surface area (Å²) in [5.74, 6) is 1.84. The molecule has 2 aromatic rings. The zero-order valence-electron chi connectivity index (χ0n) is 17.5. The van der Waals surface area contributed by atoms with E-state index in [-0.39, 0.29) is 4.90 Å². The van der Waals surface area contributed by atoms with Crippen molar-refractivity contribution in [3.05, 3.63) is 30.0 Å². The van der Waals surface area contributed by atoms with Crippen molar-refractivity contribution in [2.75, 3.05) is 48.3 Å². The molecule has 0 spiro atoms. The van der Waals surface area contributed by atoms with Gasteiger partial charge < -0.3 is 14.5 Å². The van der Waals surface area contributed by atoms with Gasteiger partial charge in [0.2, 0.25) is 5.95 Å². The molecule has 0 radical (unpaired) electrons. The lowest BCUT2D eigenvalue weighted by Crippen LogP contribution is -2.31. The Morgan fingerprint density at radius 2 is 1.93 bits per heavy atom. The summed E-state index contributed by atoms with van der Waals surface area (Å²) in [6.45, 7) is 6.08. The highest BCUT2D eigenvalue weighted by molar-refractivity contribution is 7.92. The largest absolute Gasteiger partial charge is 0.494 e. The van der Waals surface area contributed by atoms with E-state index in [9.17, 15) is 8.42 Å². The molecule has 9 heteroatoms. The number of nitrogens with zero attached hydrogens (tertiary/aromatic N) is 4. The molecule has 1 aliphatic rings. The molecule has 0 saturated carbocycles. The Morgan fingerprint density at radius 1 is 1.21 bits per heavy atom. The molecule has 0 atom stereocenters. The average molecular weight is 420 g/mol. The summed E-state index contributed by atoms with van der Waals surface area (Å²) in [5, 5.41) is 0. The first-order valence-electron chi connectivity index (χ1n) is 9.87. The SMILES string of the molecule is CCOc1ccc(S(=O)(=O)Nc2cnc(N3CCCCC3)nc2N(C)C)cc1C. The van der Waals surface area contributed by atoms with Crippen molar-refractivity contribution in [1.82, 2.24) is 9.97 Å². The standard InChI is InChI=1S/C20H29N5O3S/c1-5-28-18-10-9-16(13-15(18)2)29(26,27)23-17-14-21-20(22-19(17)24(3)4)25-11-7-6-8-12-25/h9-10,13-14,23H,5-8,11-12H2,1-4H3. The summed E-state index contributed by atoms with van der Waals surface area (Å²) >= 11 is 0. The van der Waals surface area contributed by atoms with E-state index in [0.29, 0.717) is 29.8 Å². The third-order valence-corrected chi connectivity index (χ3v) is 6.18. The van der Waals surface area contributed by atoms with Gasteiger partial charge in [0.05, 0.1) is 17.7 Å². The van der Waals surface area contributed by atoms with Gasteiger partial charge in [-0.25, -0.2) is 13.4 Å². The maximum Gasteiger partial charge on any atom is 0.262 e. The molecule has 1 N–H and O–H groups in total. The summed E-state index contributed by atoms with van der Waals surface area (Å²) in [6, 6.07) is 4.82. The molecular weight excluding hydrogens is 390 g/mol. The van der Waals surface area contributed by atoms with Crippen LogP contribution in [-0.2, 0) is 10.0 Å². The molecule has 8 nitrogen and oxygen atoms in total. The van der Waals surface area contributed by atoms with Crippen LogP contribution in [0.25, 0.3) is 0 Å². The van der Waals surface area contributed by atoms with E-state index < -0.39 is 10.0 Å². The number of rotatable bonds is 7. The van der Waals surface area contributed by atoms with Gasteiger partial charge in [0.1, 0.15) is 11.4 Å². The number of aromatic nitrogens is 2. The monoisotopic (exact) mass is 419 g/mol. The minimum Gasteiger partial charge on any atom is -0.494 e. The molecule has 1 aliphatic heterocycles. The number of aryl methyl sites for hydroxylation is 1. The van der Waals surface area contributed by atoms with Crippen LogP contribution in [0.1, 0.15) is 31.7 Å². The first-order valence-corrected chi connectivity index (χ1v) is 11.4.